The molecule has 0 aliphatic carbocycles. The third kappa shape index (κ3) is 7.87. The van der Waals surface area contributed by atoms with Crippen LogP contribution in [0.1, 0.15) is 84.1 Å². The normalized spacial score (nSPS) is 10.9. The number of nitrogens with zero attached hydrogens (tertiary/aromatic N) is 1. The van der Waals surface area contributed by atoms with Crippen molar-refractivity contribution in [2.75, 3.05) is 18.0 Å². The van der Waals surface area contributed by atoms with Crippen LogP contribution in [-0.4, -0.2) is 13.1 Å². The molecule has 0 unspecified atom stereocenters. The van der Waals surface area contributed by atoms with E-state index in [2.05, 4.69) is 49.9 Å². The highest BCUT2D eigenvalue weighted by atomic mass is 15.1. The summed E-state index contributed by atoms with van der Waals surface area (Å²) in [6.07, 6.45) is 13.2. The van der Waals surface area contributed by atoms with E-state index >= 15 is 0 Å². The molecule has 126 valence electrons. The van der Waals surface area contributed by atoms with Gasteiger partial charge in [-0.25, -0.2) is 0 Å². The van der Waals surface area contributed by atoms with Crippen LogP contribution in [0.2, 0.25) is 0 Å². The molecule has 0 N–H and O–H groups in total. The molecule has 0 bridgehead atoms. The second-order valence-corrected chi connectivity index (χ2v) is 6.52. The van der Waals surface area contributed by atoms with Gasteiger partial charge in [0, 0.05) is 18.8 Å². The van der Waals surface area contributed by atoms with Gasteiger partial charge in [-0.2, -0.15) is 0 Å². The van der Waals surface area contributed by atoms with Gasteiger partial charge in [-0.3, -0.25) is 0 Å². The molecule has 0 fully saturated rings. The molecule has 22 heavy (non-hydrogen) atoms. The number of hydrogen-bond acceptors (Lipinski definition) is 1. The first kappa shape index (κ1) is 19.1. The molecule has 0 amide bonds. The molecular weight excluding hydrogens is 266 g/mol. The van der Waals surface area contributed by atoms with Gasteiger partial charge in [0.2, 0.25) is 0 Å². The Morgan fingerprint density at radius 1 is 0.636 bits per heavy atom. The zero-order chi connectivity index (χ0) is 16.0. The lowest BCUT2D eigenvalue weighted by Gasteiger charge is -2.25. The van der Waals surface area contributed by atoms with Crippen molar-refractivity contribution in [2.45, 2.75) is 85.0 Å². The molecule has 0 heterocycles. The monoisotopic (exact) mass is 303 g/mol. The highest BCUT2D eigenvalue weighted by molar-refractivity contribution is 5.47. The van der Waals surface area contributed by atoms with Crippen molar-refractivity contribution in [2.24, 2.45) is 0 Å². The fourth-order valence-electron chi connectivity index (χ4n) is 2.99. The van der Waals surface area contributed by atoms with Crippen molar-refractivity contribution in [3.05, 3.63) is 29.8 Å². The smallest absolute Gasteiger partial charge is 0.0366 e. The minimum Gasteiger partial charge on any atom is -0.372 e. The molecular formula is C21H37N. The van der Waals surface area contributed by atoms with E-state index in [4.69, 9.17) is 0 Å². The maximum atomic E-state index is 2.61. The highest BCUT2D eigenvalue weighted by Gasteiger charge is 2.06. The summed E-state index contributed by atoms with van der Waals surface area (Å²) in [5.41, 5.74) is 2.90. The minimum atomic E-state index is 1.20. The summed E-state index contributed by atoms with van der Waals surface area (Å²) in [5, 5.41) is 0. The molecule has 1 aromatic carbocycles. The zero-order valence-corrected chi connectivity index (χ0v) is 15.2. The first-order chi connectivity index (χ1) is 10.8. The number of unbranched alkanes of at least 4 members (excludes halogenated alkanes) is 6. The fourth-order valence-corrected chi connectivity index (χ4v) is 2.99. The quantitative estimate of drug-likeness (QED) is 0.371. The number of anilines is 1. The second-order valence-electron chi connectivity index (χ2n) is 6.52. The Morgan fingerprint density at radius 3 is 1.64 bits per heavy atom. The van der Waals surface area contributed by atoms with Gasteiger partial charge >= 0.3 is 0 Å². The topological polar surface area (TPSA) is 3.24 Å². The average Bonchev–Trinajstić information content (AvgIpc) is 2.55. The third-order valence-corrected chi connectivity index (χ3v) is 4.40. The van der Waals surface area contributed by atoms with Crippen LogP contribution < -0.4 is 4.90 Å². The molecule has 0 radical (unpaired) electrons. The van der Waals surface area contributed by atoms with E-state index in [1.54, 1.807) is 0 Å². The van der Waals surface area contributed by atoms with Crippen molar-refractivity contribution in [3.8, 4) is 0 Å². The molecule has 0 aliphatic heterocycles. The Morgan fingerprint density at radius 2 is 1.18 bits per heavy atom. The van der Waals surface area contributed by atoms with Gasteiger partial charge in [0.15, 0.2) is 0 Å². The number of hydrogen-bond donors (Lipinski definition) is 0. The Bertz CT molecular complexity index is 343. The van der Waals surface area contributed by atoms with Crippen LogP contribution in [0.4, 0.5) is 5.69 Å². The molecule has 0 spiro atoms. The van der Waals surface area contributed by atoms with Crippen molar-refractivity contribution in [1.29, 1.82) is 0 Å². The van der Waals surface area contributed by atoms with Crippen molar-refractivity contribution in [1.82, 2.24) is 0 Å². The Balaban J connectivity index is 2.53. The lowest BCUT2D eigenvalue weighted by Crippen LogP contribution is -2.25. The first-order valence-corrected chi connectivity index (χ1v) is 9.65. The molecule has 0 saturated carbocycles. The number of rotatable bonds is 13. The predicted molar refractivity (Wildman–Crippen MR) is 101 cm³/mol. The third-order valence-electron chi connectivity index (χ3n) is 4.40. The Hall–Kier alpha value is -0.980. The maximum Gasteiger partial charge on any atom is 0.0366 e. The largest absolute Gasteiger partial charge is 0.372 e. The molecule has 0 saturated heterocycles. The van der Waals surface area contributed by atoms with Crippen LogP contribution >= 0.6 is 0 Å². The molecule has 1 rings (SSSR count). The van der Waals surface area contributed by atoms with Crippen LogP contribution in [0.25, 0.3) is 0 Å². The predicted octanol–water partition coefficient (Wildman–Crippen LogP) is 6.61. The van der Waals surface area contributed by atoms with E-state index in [9.17, 15) is 0 Å². The zero-order valence-electron chi connectivity index (χ0n) is 15.2. The fraction of sp³-hybridized carbons (Fsp3) is 0.714. The van der Waals surface area contributed by atoms with E-state index in [0.29, 0.717) is 0 Å². The molecule has 1 heteroatoms. The van der Waals surface area contributed by atoms with Gasteiger partial charge in [-0.15, -0.1) is 0 Å². The summed E-state index contributed by atoms with van der Waals surface area (Å²) in [6, 6.07) is 9.32. The standard InChI is InChI=1S/C21H37N/c1-4-7-9-11-18-22(19-12-10-8-5-2)21-16-14-20(13-6-3)15-17-21/h14-17H,4-13,18-19H2,1-3H3. The molecule has 1 aromatic rings. The van der Waals surface area contributed by atoms with Gasteiger partial charge in [0.25, 0.3) is 0 Å². The summed E-state index contributed by atoms with van der Waals surface area (Å²) >= 11 is 0. The number of aryl methyl sites for hydroxylation is 1. The minimum absolute atomic E-state index is 1.20. The van der Waals surface area contributed by atoms with Crippen LogP contribution in [0.3, 0.4) is 0 Å². The van der Waals surface area contributed by atoms with E-state index in [1.807, 2.05) is 0 Å². The summed E-state index contributed by atoms with van der Waals surface area (Å²) in [6.45, 7) is 9.27. The van der Waals surface area contributed by atoms with Crippen LogP contribution in [0.15, 0.2) is 24.3 Å². The van der Waals surface area contributed by atoms with E-state index in [0.717, 1.165) is 0 Å². The van der Waals surface area contributed by atoms with Crippen molar-refractivity contribution < 1.29 is 0 Å². The maximum absolute atomic E-state index is 2.61. The summed E-state index contributed by atoms with van der Waals surface area (Å²) < 4.78 is 0. The van der Waals surface area contributed by atoms with Crippen LogP contribution in [-0.2, 0) is 6.42 Å². The lowest BCUT2D eigenvalue weighted by molar-refractivity contribution is 0.609. The molecule has 0 aromatic heterocycles. The lowest BCUT2D eigenvalue weighted by atomic mass is 10.1. The summed E-state index contributed by atoms with van der Waals surface area (Å²) in [7, 11) is 0. The van der Waals surface area contributed by atoms with Crippen molar-refractivity contribution in [3.63, 3.8) is 0 Å². The van der Waals surface area contributed by atoms with E-state index in [1.165, 1.54) is 88.5 Å². The summed E-state index contributed by atoms with van der Waals surface area (Å²) in [4.78, 5) is 2.61. The average molecular weight is 304 g/mol. The Kier molecular flexibility index (Phi) is 10.9. The van der Waals surface area contributed by atoms with Gasteiger partial charge in [-0.05, 0) is 37.0 Å². The second kappa shape index (κ2) is 12.6. The van der Waals surface area contributed by atoms with Crippen LogP contribution in [0, 0.1) is 0 Å². The SMILES string of the molecule is CCCCCCN(CCCCCC)c1ccc(CCC)cc1. The highest BCUT2D eigenvalue weighted by Crippen LogP contribution is 2.18. The van der Waals surface area contributed by atoms with Gasteiger partial charge in [-0.1, -0.05) is 77.8 Å². The van der Waals surface area contributed by atoms with Crippen LogP contribution in [0.5, 0.6) is 0 Å². The number of benzene rings is 1. The van der Waals surface area contributed by atoms with E-state index < -0.39 is 0 Å². The van der Waals surface area contributed by atoms with Gasteiger partial charge in [0.1, 0.15) is 0 Å². The molecule has 0 aliphatic rings. The van der Waals surface area contributed by atoms with Crippen molar-refractivity contribution >= 4 is 5.69 Å². The molecule has 1 nitrogen and oxygen atoms in total. The Labute approximate surface area is 139 Å². The summed E-state index contributed by atoms with van der Waals surface area (Å²) in [5.74, 6) is 0. The van der Waals surface area contributed by atoms with Gasteiger partial charge in [0.05, 0.1) is 0 Å². The molecule has 0 atom stereocenters. The van der Waals surface area contributed by atoms with Gasteiger partial charge < -0.3 is 4.90 Å². The first-order valence-electron chi connectivity index (χ1n) is 9.65. The van der Waals surface area contributed by atoms with E-state index in [-0.39, 0.29) is 0 Å².